The summed E-state index contributed by atoms with van der Waals surface area (Å²) in [6.07, 6.45) is 1.20. The standard InChI is InChI=1S/C22H25ClO5/c1-13(21(24)25)7-14-5-6-18(10-19(14)26-4)27-12-16-9-17(23)8-15-11-22(2,3)28-20(15)16/h5-6,8-10,13H,7,11-12H2,1-4H3,(H,24,25). The molecule has 0 aliphatic carbocycles. The molecule has 6 heteroatoms. The van der Waals surface area contributed by atoms with Crippen LogP contribution in [0.15, 0.2) is 30.3 Å². The highest BCUT2D eigenvalue weighted by molar-refractivity contribution is 6.30. The van der Waals surface area contributed by atoms with Crippen LogP contribution in [0.1, 0.15) is 37.5 Å². The summed E-state index contributed by atoms with van der Waals surface area (Å²) in [7, 11) is 1.56. The molecule has 150 valence electrons. The maximum atomic E-state index is 11.1. The van der Waals surface area contributed by atoms with E-state index in [1.165, 1.54) is 0 Å². The number of rotatable bonds is 7. The zero-order valence-electron chi connectivity index (χ0n) is 16.5. The highest BCUT2D eigenvalue weighted by Gasteiger charge is 2.32. The fourth-order valence-corrected chi connectivity index (χ4v) is 3.68. The second-order valence-electron chi connectivity index (χ2n) is 7.80. The molecule has 0 spiro atoms. The fraction of sp³-hybridized carbons (Fsp3) is 0.409. The van der Waals surface area contributed by atoms with E-state index in [0.29, 0.717) is 29.5 Å². The molecule has 2 aromatic carbocycles. The van der Waals surface area contributed by atoms with E-state index >= 15 is 0 Å². The number of benzene rings is 2. The highest BCUT2D eigenvalue weighted by atomic mass is 35.5. The molecular formula is C22H25ClO5. The number of aliphatic carboxylic acids is 1. The lowest BCUT2D eigenvalue weighted by atomic mass is 10.0. The Balaban J connectivity index is 1.76. The van der Waals surface area contributed by atoms with Crippen molar-refractivity contribution in [2.45, 2.75) is 45.8 Å². The topological polar surface area (TPSA) is 65.0 Å². The quantitative estimate of drug-likeness (QED) is 0.710. The minimum atomic E-state index is -0.833. The Morgan fingerprint density at radius 2 is 2.04 bits per heavy atom. The molecule has 0 aromatic heterocycles. The molecule has 0 saturated carbocycles. The van der Waals surface area contributed by atoms with Crippen molar-refractivity contribution in [3.8, 4) is 17.2 Å². The molecule has 0 amide bonds. The summed E-state index contributed by atoms with van der Waals surface area (Å²) in [5.41, 5.74) is 2.56. The van der Waals surface area contributed by atoms with Crippen LogP contribution in [-0.2, 0) is 24.2 Å². The number of carboxylic acids is 1. The first-order valence-electron chi connectivity index (χ1n) is 9.21. The lowest BCUT2D eigenvalue weighted by Gasteiger charge is -2.18. The molecule has 5 nitrogen and oxygen atoms in total. The molecule has 2 aromatic rings. The molecule has 1 aliphatic heterocycles. The third-order valence-electron chi connectivity index (χ3n) is 4.80. The Hall–Kier alpha value is -2.40. The van der Waals surface area contributed by atoms with Gasteiger partial charge in [0.05, 0.1) is 13.0 Å². The summed E-state index contributed by atoms with van der Waals surface area (Å²) in [4.78, 5) is 11.1. The van der Waals surface area contributed by atoms with Crippen molar-refractivity contribution < 1.29 is 24.1 Å². The van der Waals surface area contributed by atoms with E-state index in [9.17, 15) is 4.79 Å². The van der Waals surface area contributed by atoms with E-state index in [-0.39, 0.29) is 5.60 Å². The average Bonchev–Trinajstić information content (AvgIpc) is 2.94. The van der Waals surface area contributed by atoms with Gasteiger partial charge in [0, 0.05) is 23.1 Å². The van der Waals surface area contributed by atoms with Gasteiger partial charge in [-0.25, -0.2) is 0 Å². The predicted molar refractivity (Wildman–Crippen MR) is 108 cm³/mol. The molecule has 1 heterocycles. The van der Waals surface area contributed by atoms with Crippen LogP contribution in [0.3, 0.4) is 0 Å². The number of fused-ring (bicyclic) bond motifs is 1. The third-order valence-corrected chi connectivity index (χ3v) is 5.02. The molecule has 0 fully saturated rings. The van der Waals surface area contributed by atoms with Crippen LogP contribution in [-0.4, -0.2) is 23.8 Å². The molecule has 0 saturated heterocycles. The van der Waals surface area contributed by atoms with Crippen LogP contribution in [0.25, 0.3) is 0 Å². The molecule has 1 unspecified atom stereocenters. The van der Waals surface area contributed by atoms with E-state index in [0.717, 1.165) is 28.9 Å². The Morgan fingerprint density at radius 3 is 2.71 bits per heavy atom. The first-order chi connectivity index (χ1) is 13.2. The number of ether oxygens (including phenoxy) is 3. The van der Waals surface area contributed by atoms with Crippen molar-refractivity contribution in [3.05, 3.63) is 52.0 Å². The van der Waals surface area contributed by atoms with Crippen molar-refractivity contribution in [1.29, 1.82) is 0 Å². The number of halogens is 1. The van der Waals surface area contributed by atoms with Gasteiger partial charge in [0.1, 0.15) is 29.5 Å². The number of carbonyl (C=O) groups is 1. The molecule has 1 aliphatic rings. The average molecular weight is 405 g/mol. The molecule has 0 radical (unpaired) electrons. The largest absolute Gasteiger partial charge is 0.496 e. The monoisotopic (exact) mass is 404 g/mol. The van der Waals surface area contributed by atoms with Gasteiger partial charge in [-0.05, 0) is 49.6 Å². The smallest absolute Gasteiger partial charge is 0.306 e. The van der Waals surface area contributed by atoms with Crippen LogP contribution in [0.2, 0.25) is 5.02 Å². The Bertz CT molecular complexity index is 891. The van der Waals surface area contributed by atoms with Crippen LogP contribution in [0, 0.1) is 5.92 Å². The zero-order valence-corrected chi connectivity index (χ0v) is 17.3. The fourth-order valence-electron chi connectivity index (χ4n) is 3.41. The van der Waals surface area contributed by atoms with E-state index in [4.69, 9.17) is 30.9 Å². The Labute approximate surface area is 170 Å². The van der Waals surface area contributed by atoms with Crippen molar-refractivity contribution >= 4 is 17.6 Å². The van der Waals surface area contributed by atoms with Gasteiger partial charge in [-0.2, -0.15) is 0 Å². The van der Waals surface area contributed by atoms with Gasteiger partial charge in [-0.1, -0.05) is 24.6 Å². The zero-order chi connectivity index (χ0) is 20.5. The molecule has 28 heavy (non-hydrogen) atoms. The van der Waals surface area contributed by atoms with Crippen LogP contribution in [0.5, 0.6) is 17.2 Å². The second kappa shape index (κ2) is 7.92. The first-order valence-corrected chi connectivity index (χ1v) is 9.59. The van der Waals surface area contributed by atoms with E-state index in [1.54, 1.807) is 20.1 Å². The van der Waals surface area contributed by atoms with Crippen molar-refractivity contribution in [2.24, 2.45) is 5.92 Å². The highest BCUT2D eigenvalue weighted by Crippen LogP contribution is 2.40. The molecule has 0 bridgehead atoms. The summed E-state index contributed by atoms with van der Waals surface area (Å²) >= 11 is 6.27. The molecule has 1 atom stereocenters. The van der Waals surface area contributed by atoms with E-state index < -0.39 is 11.9 Å². The minimum absolute atomic E-state index is 0.256. The Kier molecular flexibility index (Phi) is 5.75. The molecular weight excluding hydrogens is 380 g/mol. The third kappa shape index (κ3) is 4.53. The van der Waals surface area contributed by atoms with Gasteiger partial charge in [0.15, 0.2) is 0 Å². The van der Waals surface area contributed by atoms with Gasteiger partial charge in [-0.15, -0.1) is 0 Å². The van der Waals surface area contributed by atoms with Gasteiger partial charge in [0.25, 0.3) is 0 Å². The lowest BCUT2D eigenvalue weighted by molar-refractivity contribution is -0.141. The molecule has 3 rings (SSSR count). The normalized spacial score (nSPS) is 15.5. The number of carboxylic acid groups (broad SMARTS) is 1. The SMILES string of the molecule is COc1cc(OCc2cc(Cl)cc3c2OC(C)(C)C3)ccc1CC(C)C(=O)O. The van der Waals surface area contributed by atoms with Crippen LogP contribution < -0.4 is 14.2 Å². The van der Waals surface area contributed by atoms with Gasteiger partial charge in [-0.3, -0.25) is 4.79 Å². The first kappa shape index (κ1) is 20.3. The van der Waals surface area contributed by atoms with Gasteiger partial charge in [0.2, 0.25) is 0 Å². The summed E-state index contributed by atoms with van der Waals surface area (Å²) in [6.45, 7) is 6.08. The summed E-state index contributed by atoms with van der Waals surface area (Å²) in [6, 6.07) is 9.25. The van der Waals surface area contributed by atoms with Crippen LogP contribution >= 0.6 is 11.6 Å². The summed E-state index contributed by atoms with van der Waals surface area (Å²) in [5, 5.41) is 9.78. The minimum Gasteiger partial charge on any atom is -0.496 e. The van der Waals surface area contributed by atoms with Crippen molar-refractivity contribution in [3.63, 3.8) is 0 Å². The van der Waals surface area contributed by atoms with Crippen molar-refractivity contribution in [2.75, 3.05) is 7.11 Å². The van der Waals surface area contributed by atoms with E-state index in [1.807, 2.05) is 38.1 Å². The maximum Gasteiger partial charge on any atom is 0.306 e. The summed E-state index contributed by atoms with van der Waals surface area (Å²) < 4.78 is 17.5. The summed E-state index contributed by atoms with van der Waals surface area (Å²) in [5.74, 6) is 0.762. The van der Waals surface area contributed by atoms with Crippen molar-refractivity contribution in [1.82, 2.24) is 0 Å². The second-order valence-corrected chi connectivity index (χ2v) is 8.23. The Morgan fingerprint density at radius 1 is 1.29 bits per heavy atom. The number of hydrogen-bond acceptors (Lipinski definition) is 4. The van der Waals surface area contributed by atoms with Crippen LogP contribution in [0.4, 0.5) is 0 Å². The van der Waals surface area contributed by atoms with Gasteiger partial charge >= 0.3 is 5.97 Å². The number of methoxy groups -OCH3 is 1. The maximum absolute atomic E-state index is 11.1. The predicted octanol–water partition coefficient (Wildman–Crippen LogP) is 4.90. The molecule has 1 N–H and O–H groups in total. The van der Waals surface area contributed by atoms with Gasteiger partial charge < -0.3 is 19.3 Å². The number of hydrogen-bond donors (Lipinski definition) is 1. The van der Waals surface area contributed by atoms with E-state index in [2.05, 4.69) is 0 Å². The lowest BCUT2D eigenvalue weighted by Crippen LogP contribution is -2.25.